The third kappa shape index (κ3) is 9.93. The van der Waals surface area contributed by atoms with Gasteiger partial charge in [-0.1, -0.05) is 0 Å². The monoisotopic (exact) mass is 259 g/mol. The molecule has 1 amide bonds. The number of esters is 1. The van der Waals surface area contributed by atoms with Crippen molar-refractivity contribution in [3.63, 3.8) is 0 Å². The number of hydrogen-bond donors (Lipinski definition) is 1. The Labute approximate surface area is 109 Å². The molecule has 0 aromatic carbocycles. The minimum absolute atomic E-state index is 0.0192. The lowest BCUT2D eigenvalue weighted by atomic mass is 10.1. The van der Waals surface area contributed by atoms with Gasteiger partial charge in [0.2, 0.25) is 0 Å². The maximum atomic E-state index is 11.4. The predicted octanol–water partition coefficient (Wildman–Crippen LogP) is 2.63. The van der Waals surface area contributed by atoms with Gasteiger partial charge >= 0.3 is 12.1 Å². The summed E-state index contributed by atoms with van der Waals surface area (Å²) in [7, 11) is 0. The molecule has 0 aromatic heterocycles. The van der Waals surface area contributed by atoms with Gasteiger partial charge in [-0.3, -0.25) is 4.79 Å². The largest absolute Gasteiger partial charge is 0.466 e. The summed E-state index contributed by atoms with van der Waals surface area (Å²) in [5.74, 6) is -0.193. The van der Waals surface area contributed by atoms with Crippen LogP contribution >= 0.6 is 0 Å². The zero-order valence-electron chi connectivity index (χ0n) is 12.0. The number of amides is 1. The molecular formula is C13H25NO4. The van der Waals surface area contributed by atoms with E-state index in [-0.39, 0.29) is 12.0 Å². The topological polar surface area (TPSA) is 64.6 Å². The van der Waals surface area contributed by atoms with E-state index in [1.54, 1.807) is 6.92 Å². The molecule has 0 radical (unpaired) electrons. The minimum atomic E-state index is -0.491. The number of hydrogen-bond acceptors (Lipinski definition) is 4. The van der Waals surface area contributed by atoms with E-state index in [4.69, 9.17) is 9.47 Å². The lowest BCUT2D eigenvalue weighted by molar-refractivity contribution is -0.143. The number of carbonyl (C=O) groups is 2. The Balaban J connectivity index is 3.74. The molecule has 0 rings (SSSR count). The molecule has 1 N–H and O–H groups in total. The maximum Gasteiger partial charge on any atom is 0.407 e. The van der Waals surface area contributed by atoms with E-state index in [1.807, 2.05) is 27.7 Å². The second kappa shape index (κ2) is 7.95. The van der Waals surface area contributed by atoms with Crippen molar-refractivity contribution < 1.29 is 19.1 Å². The molecule has 5 heteroatoms. The first-order valence-corrected chi connectivity index (χ1v) is 6.39. The Morgan fingerprint density at radius 1 is 1.28 bits per heavy atom. The number of carbonyl (C=O) groups excluding carboxylic acids is 2. The summed E-state index contributed by atoms with van der Waals surface area (Å²) in [6.45, 7) is 9.53. The zero-order chi connectivity index (χ0) is 14.2. The van der Waals surface area contributed by atoms with Gasteiger partial charge in [0.1, 0.15) is 5.60 Å². The fourth-order valence-corrected chi connectivity index (χ4v) is 1.37. The molecule has 0 aliphatic heterocycles. The quantitative estimate of drug-likeness (QED) is 0.745. The Hall–Kier alpha value is -1.26. The van der Waals surface area contributed by atoms with Crippen LogP contribution in [0.25, 0.3) is 0 Å². The van der Waals surface area contributed by atoms with Crippen LogP contribution in [-0.2, 0) is 14.3 Å². The van der Waals surface area contributed by atoms with E-state index in [1.165, 1.54) is 0 Å². The molecule has 1 atom stereocenters. The number of rotatable bonds is 6. The highest BCUT2D eigenvalue weighted by molar-refractivity contribution is 5.69. The summed E-state index contributed by atoms with van der Waals surface area (Å²) in [6, 6.07) is -0.0192. The average molecular weight is 259 g/mol. The highest BCUT2D eigenvalue weighted by atomic mass is 16.6. The molecule has 0 aliphatic carbocycles. The van der Waals surface area contributed by atoms with Crippen molar-refractivity contribution in [1.29, 1.82) is 0 Å². The smallest absolute Gasteiger partial charge is 0.407 e. The van der Waals surface area contributed by atoms with Gasteiger partial charge in [0.05, 0.1) is 6.61 Å². The van der Waals surface area contributed by atoms with Gasteiger partial charge in [-0.25, -0.2) is 4.79 Å². The van der Waals surface area contributed by atoms with Crippen LogP contribution in [0.2, 0.25) is 0 Å². The van der Waals surface area contributed by atoms with E-state index < -0.39 is 11.7 Å². The minimum Gasteiger partial charge on any atom is -0.466 e. The average Bonchev–Trinajstić information content (AvgIpc) is 2.14. The van der Waals surface area contributed by atoms with Crippen LogP contribution in [0.1, 0.15) is 53.9 Å². The van der Waals surface area contributed by atoms with E-state index in [2.05, 4.69) is 5.32 Å². The Morgan fingerprint density at radius 3 is 2.39 bits per heavy atom. The maximum absolute atomic E-state index is 11.4. The van der Waals surface area contributed by atoms with Crippen LogP contribution in [0.4, 0.5) is 4.79 Å². The molecule has 0 aliphatic rings. The third-order valence-electron chi connectivity index (χ3n) is 2.09. The molecule has 0 spiro atoms. The fourth-order valence-electron chi connectivity index (χ4n) is 1.37. The van der Waals surface area contributed by atoms with Crippen molar-refractivity contribution in [3.8, 4) is 0 Å². The van der Waals surface area contributed by atoms with Gasteiger partial charge in [-0.05, 0) is 47.5 Å². The van der Waals surface area contributed by atoms with Crippen molar-refractivity contribution in [3.05, 3.63) is 0 Å². The SMILES string of the molecule is CCOC(=O)CCC[C@@H](C)NC(=O)OC(C)(C)C. The normalized spacial score (nSPS) is 12.7. The predicted molar refractivity (Wildman–Crippen MR) is 69.3 cm³/mol. The van der Waals surface area contributed by atoms with E-state index in [0.29, 0.717) is 19.4 Å². The summed E-state index contributed by atoms with van der Waals surface area (Å²) in [5, 5.41) is 2.73. The summed E-state index contributed by atoms with van der Waals surface area (Å²) in [4.78, 5) is 22.5. The highest BCUT2D eigenvalue weighted by Gasteiger charge is 2.17. The van der Waals surface area contributed by atoms with Crippen molar-refractivity contribution >= 4 is 12.1 Å². The van der Waals surface area contributed by atoms with Gasteiger partial charge < -0.3 is 14.8 Å². The van der Waals surface area contributed by atoms with Crippen LogP contribution in [0.15, 0.2) is 0 Å². The van der Waals surface area contributed by atoms with Crippen molar-refractivity contribution in [1.82, 2.24) is 5.32 Å². The van der Waals surface area contributed by atoms with Gasteiger partial charge in [-0.2, -0.15) is 0 Å². The first kappa shape index (κ1) is 16.7. The first-order valence-electron chi connectivity index (χ1n) is 6.39. The van der Waals surface area contributed by atoms with Gasteiger partial charge in [0.25, 0.3) is 0 Å². The second-order valence-electron chi connectivity index (χ2n) is 5.24. The molecular weight excluding hydrogens is 234 g/mol. The van der Waals surface area contributed by atoms with Crippen LogP contribution in [0.5, 0.6) is 0 Å². The van der Waals surface area contributed by atoms with Gasteiger partial charge in [-0.15, -0.1) is 0 Å². The van der Waals surface area contributed by atoms with Crippen molar-refractivity contribution in [2.45, 2.75) is 65.5 Å². The molecule has 0 bridgehead atoms. The zero-order valence-corrected chi connectivity index (χ0v) is 12.0. The second-order valence-corrected chi connectivity index (χ2v) is 5.24. The molecule has 0 heterocycles. The van der Waals surface area contributed by atoms with Crippen LogP contribution in [-0.4, -0.2) is 30.3 Å². The number of ether oxygens (including phenoxy) is 2. The van der Waals surface area contributed by atoms with E-state index >= 15 is 0 Å². The molecule has 0 aromatic rings. The summed E-state index contributed by atoms with van der Waals surface area (Å²) >= 11 is 0. The van der Waals surface area contributed by atoms with E-state index in [0.717, 1.165) is 6.42 Å². The summed E-state index contributed by atoms with van der Waals surface area (Å²) < 4.78 is 9.95. The molecule has 18 heavy (non-hydrogen) atoms. The molecule has 0 fully saturated rings. The lowest BCUT2D eigenvalue weighted by Gasteiger charge is -2.21. The van der Waals surface area contributed by atoms with Crippen molar-refractivity contribution in [2.24, 2.45) is 0 Å². The summed E-state index contributed by atoms with van der Waals surface area (Å²) in [6.07, 6.45) is 1.37. The Kier molecular flexibility index (Phi) is 7.39. The third-order valence-corrected chi connectivity index (χ3v) is 2.09. The highest BCUT2D eigenvalue weighted by Crippen LogP contribution is 2.08. The molecule has 5 nitrogen and oxygen atoms in total. The Morgan fingerprint density at radius 2 is 1.89 bits per heavy atom. The van der Waals surface area contributed by atoms with Crippen molar-refractivity contribution in [2.75, 3.05) is 6.61 Å². The molecule has 106 valence electrons. The molecule has 0 saturated heterocycles. The van der Waals surface area contributed by atoms with Crippen LogP contribution < -0.4 is 5.32 Å². The number of nitrogens with one attached hydrogen (secondary N) is 1. The van der Waals surface area contributed by atoms with E-state index in [9.17, 15) is 9.59 Å². The lowest BCUT2D eigenvalue weighted by Crippen LogP contribution is -2.37. The number of alkyl carbamates (subject to hydrolysis) is 1. The fraction of sp³-hybridized carbons (Fsp3) is 0.846. The molecule has 0 unspecified atom stereocenters. The van der Waals surface area contributed by atoms with Crippen LogP contribution in [0.3, 0.4) is 0 Å². The Bertz CT molecular complexity index is 271. The van der Waals surface area contributed by atoms with Crippen LogP contribution in [0, 0.1) is 0 Å². The van der Waals surface area contributed by atoms with Gasteiger partial charge in [0.15, 0.2) is 0 Å². The first-order chi connectivity index (χ1) is 8.24. The standard InChI is InChI=1S/C13H25NO4/c1-6-17-11(15)9-7-8-10(2)14-12(16)18-13(3,4)5/h10H,6-9H2,1-5H3,(H,14,16)/t10-/m1/s1. The molecule has 0 saturated carbocycles. The summed E-state index contributed by atoms with van der Waals surface area (Å²) in [5.41, 5.74) is -0.491. The van der Waals surface area contributed by atoms with Gasteiger partial charge in [0, 0.05) is 12.5 Å².